The monoisotopic (exact) mass is 222 g/mol. The Hall–Kier alpha value is -1.53. The largest absolute Gasteiger partial charge is 0.273 e. The van der Waals surface area contributed by atoms with Crippen molar-refractivity contribution in [3.8, 4) is 0 Å². The highest BCUT2D eigenvalue weighted by atomic mass is 32.1. The Bertz CT molecular complexity index is 522. The molecule has 0 fully saturated rings. The van der Waals surface area contributed by atoms with Crippen LogP contribution in [0.15, 0.2) is 11.7 Å². The zero-order chi connectivity index (χ0) is 11.0. The Morgan fingerprint density at radius 2 is 2.27 bits per heavy atom. The lowest BCUT2D eigenvalue weighted by Gasteiger charge is -2.12. The van der Waals surface area contributed by atoms with Gasteiger partial charge in [0.1, 0.15) is 6.33 Å². The van der Waals surface area contributed by atoms with Gasteiger partial charge in [-0.25, -0.2) is 20.8 Å². The first-order valence-electron chi connectivity index (χ1n) is 4.35. The van der Waals surface area contributed by atoms with Gasteiger partial charge in [0.25, 0.3) is 0 Å². The molecule has 2 aromatic rings. The third-order valence-electron chi connectivity index (χ3n) is 2.08. The summed E-state index contributed by atoms with van der Waals surface area (Å²) in [6.45, 7) is 3.36. The zero-order valence-electron chi connectivity index (χ0n) is 8.39. The number of fused-ring (bicyclic) bond motifs is 1. The fraction of sp³-hybridized carbons (Fsp3) is 0.222. The predicted molar refractivity (Wildman–Crippen MR) is 59.5 cm³/mol. The molecule has 2 aromatic heterocycles. The molecule has 2 rings (SSSR count). The molecule has 0 aliphatic heterocycles. The fourth-order valence-electron chi connectivity index (χ4n) is 1.28. The highest BCUT2D eigenvalue weighted by Crippen LogP contribution is 2.29. The molecule has 0 aromatic carbocycles. The Labute approximate surface area is 90.5 Å². The normalized spacial score (nSPS) is 10.6. The van der Waals surface area contributed by atoms with Crippen molar-refractivity contribution >= 4 is 33.3 Å². The summed E-state index contributed by atoms with van der Waals surface area (Å²) in [4.78, 5) is 19.3. The molecule has 0 saturated heterocycles. The lowest BCUT2D eigenvalue weighted by atomic mass is 10.3. The maximum atomic E-state index is 11.1. The van der Waals surface area contributed by atoms with Crippen LogP contribution in [0.1, 0.15) is 12.5 Å². The minimum absolute atomic E-state index is 0.249. The number of hydrogen-bond acceptors (Lipinski definition) is 5. The summed E-state index contributed by atoms with van der Waals surface area (Å²) in [6, 6.07) is 0. The van der Waals surface area contributed by atoms with Crippen molar-refractivity contribution in [3.63, 3.8) is 0 Å². The highest BCUT2D eigenvalue weighted by Gasteiger charge is 2.14. The topological polar surface area (TPSA) is 72.1 Å². The first kappa shape index (κ1) is 10.0. The number of rotatable bonds is 1. The SMILES string of the molecule is CC(=O)N(N)c1ncnc2c(C)csc12. The lowest BCUT2D eigenvalue weighted by Crippen LogP contribution is -2.36. The summed E-state index contributed by atoms with van der Waals surface area (Å²) < 4.78 is 0.840. The highest BCUT2D eigenvalue weighted by molar-refractivity contribution is 7.18. The summed E-state index contributed by atoms with van der Waals surface area (Å²) in [5.74, 6) is 5.83. The van der Waals surface area contributed by atoms with Crippen molar-refractivity contribution in [3.05, 3.63) is 17.3 Å². The molecule has 0 aliphatic carbocycles. The minimum Gasteiger partial charge on any atom is -0.273 e. The van der Waals surface area contributed by atoms with Crippen LogP contribution < -0.4 is 10.9 Å². The number of anilines is 1. The maximum absolute atomic E-state index is 11.1. The van der Waals surface area contributed by atoms with Crippen LogP contribution in [-0.4, -0.2) is 15.9 Å². The van der Waals surface area contributed by atoms with Gasteiger partial charge in [0.05, 0.1) is 10.2 Å². The standard InChI is InChI=1S/C9H10N4OS/c1-5-3-15-8-7(5)11-4-12-9(8)13(10)6(2)14/h3-4H,10H2,1-2H3. The first-order valence-corrected chi connectivity index (χ1v) is 5.23. The predicted octanol–water partition coefficient (Wildman–Crippen LogP) is 1.23. The molecular weight excluding hydrogens is 212 g/mol. The molecule has 1 amide bonds. The van der Waals surface area contributed by atoms with E-state index in [1.807, 2.05) is 12.3 Å². The maximum Gasteiger partial charge on any atom is 0.239 e. The van der Waals surface area contributed by atoms with Crippen LogP contribution in [0.2, 0.25) is 0 Å². The van der Waals surface area contributed by atoms with Gasteiger partial charge in [-0.3, -0.25) is 4.79 Å². The summed E-state index contributed by atoms with van der Waals surface area (Å²) in [5.41, 5.74) is 1.91. The van der Waals surface area contributed by atoms with E-state index in [0.717, 1.165) is 20.8 Å². The van der Waals surface area contributed by atoms with Crippen molar-refractivity contribution in [1.29, 1.82) is 0 Å². The van der Waals surface area contributed by atoms with Crippen LogP contribution in [0.4, 0.5) is 5.82 Å². The van der Waals surface area contributed by atoms with Crippen LogP contribution in [0.25, 0.3) is 10.2 Å². The summed E-state index contributed by atoms with van der Waals surface area (Å²) in [5, 5.41) is 3.01. The lowest BCUT2D eigenvalue weighted by molar-refractivity contribution is -0.116. The summed E-state index contributed by atoms with van der Waals surface area (Å²) in [6.07, 6.45) is 1.42. The van der Waals surface area contributed by atoms with Gasteiger partial charge in [-0.05, 0) is 17.9 Å². The van der Waals surface area contributed by atoms with E-state index in [2.05, 4.69) is 9.97 Å². The van der Waals surface area contributed by atoms with Gasteiger partial charge < -0.3 is 0 Å². The number of aromatic nitrogens is 2. The molecule has 15 heavy (non-hydrogen) atoms. The fourth-order valence-corrected chi connectivity index (χ4v) is 2.27. The molecule has 0 unspecified atom stereocenters. The van der Waals surface area contributed by atoms with Crippen molar-refractivity contribution < 1.29 is 4.79 Å². The summed E-state index contributed by atoms with van der Waals surface area (Å²) >= 11 is 1.49. The van der Waals surface area contributed by atoms with Gasteiger partial charge in [-0.2, -0.15) is 0 Å². The smallest absolute Gasteiger partial charge is 0.239 e. The van der Waals surface area contributed by atoms with E-state index in [0.29, 0.717) is 5.82 Å². The summed E-state index contributed by atoms with van der Waals surface area (Å²) in [7, 11) is 0. The quantitative estimate of drug-likeness (QED) is 0.447. The Kier molecular flexibility index (Phi) is 2.37. The number of nitrogens with zero attached hydrogens (tertiary/aromatic N) is 3. The van der Waals surface area contributed by atoms with Crippen LogP contribution in [0.5, 0.6) is 0 Å². The third kappa shape index (κ3) is 1.57. The molecule has 0 spiro atoms. The van der Waals surface area contributed by atoms with Crippen molar-refractivity contribution in [2.24, 2.45) is 5.84 Å². The number of carbonyl (C=O) groups excluding carboxylic acids is 1. The second kappa shape index (κ2) is 3.56. The Balaban J connectivity index is 2.66. The van der Waals surface area contributed by atoms with Gasteiger partial charge in [0.15, 0.2) is 5.82 Å². The van der Waals surface area contributed by atoms with Crippen LogP contribution in [-0.2, 0) is 4.79 Å². The van der Waals surface area contributed by atoms with Crippen LogP contribution >= 0.6 is 11.3 Å². The van der Waals surface area contributed by atoms with E-state index >= 15 is 0 Å². The van der Waals surface area contributed by atoms with E-state index in [1.165, 1.54) is 24.6 Å². The van der Waals surface area contributed by atoms with E-state index in [4.69, 9.17) is 5.84 Å². The molecule has 6 heteroatoms. The van der Waals surface area contributed by atoms with Crippen molar-refractivity contribution in [2.45, 2.75) is 13.8 Å². The molecule has 0 radical (unpaired) electrons. The minimum atomic E-state index is -0.249. The number of amides is 1. The number of hydrazine groups is 1. The van der Waals surface area contributed by atoms with Gasteiger partial charge in [-0.15, -0.1) is 11.3 Å². The molecule has 2 N–H and O–H groups in total. The molecular formula is C9H10N4OS. The average molecular weight is 222 g/mol. The van der Waals surface area contributed by atoms with Crippen LogP contribution in [0, 0.1) is 6.92 Å². The number of hydrogen-bond donors (Lipinski definition) is 1. The zero-order valence-corrected chi connectivity index (χ0v) is 9.21. The number of nitrogens with two attached hydrogens (primary N) is 1. The number of aryl methyl sites for hydroxylation is 1. The second-order valence-electron chi connectivity index (χ2n) is 3.18. The molecule has 5 nitrogen and oxygen atoms in total. The second-order valence-corrected chi connectivity index (χ2v) is 4.06. The molecule has 78 valence electrons. The number of thiophene rings is 1. The van der Waals surface area contributed by atoms with E-state index < -0.39 is 0 Å². The van der Waals surface area contributed by atoms with Gasteiger partial charge in [-0.1, -0.05) is 0 Å². The first-order chi connectivity index (χ1) is 7.11. The van der Waals surface area contributed by atoms with Crippen molar-refractivity contribution in [2.75, 3.05) is 5.01 Å². The van der Waals surface area contributed by atoms with E-state index in [1.54, 1.807) is 0 Å². The number of carbonyl (C=O) groups is 1. The average Bonchev–Trinajstić information content (AvgIpc) is 2.59. The Morgan fingerprint density at radius 3 is 2.93 bits per heavy atom. The van der Waals surface area contributed by atoms with Gasteiger partial charge in [0, 0.05) is 6.92 Å². The molecule has 0 aliphatic rings. The molecule has 2 heterocycles. The van der Waals surface area contributed by atoms with E-state index in [9.17, 15) is 4.79 Å². The Morgan fingerprint density at radius 1 is 1.53 bits per heavy atom. The van der Waals surface area contributed by atoms with Gasteiger partial charge >= 0.3 is 0 Å². The van der Waals surface area contributed by atoms with Crippen molar-refractivity contribution in [1.82, 2.24) is 9.97 Å². The van der Waals surface area contributed by atoms with Gasteiger partial charge in [0.2, 0.25) is 5.91 Å². The van der Waals surface area contributed by atoms with Crippen LogP contribution in [0.3, 0.4) is 0 Å². The van der Waals surface area contributed by atoms with E-state index in [-0.39, 0.29) is 5.91 Å². The molecule has 0 saturated carbocycles. The molecule has 0 atom stereocenters. The molecule has 0 bridgehead atoms. The third-order valence-corrected chi connectivity index (χ3v) is 3.16.